The van der Waals surface area contributed by atoms with Crippen LogP contribution in [0.1, 0.15) is 400 Å². The van der Waals surface area contributed by atoms with Gasteiger partial charge in [-0.25, -0.2) is 0 Å². The molecule has 450 valence electrons. The zero-order valence-corrected chi connectivity index (χ0v) is 51.8. The Morgan fingerprint density at radius 3 is 0.658 bits per heavy atom. The first-order chi connectivity index (χ1) is 37.5. The van der Waals surface area contributed by atoms with Crippen molar-refractivity contribution >= 4 is 17.9 Å². The fraction of sp³-hybridized carbons (Fsp3) is 0.929. The minimum Gasteiger partial charge on any atom is -0.462 e. The summed E-state index contributed by atoms with van der Waals surface area (Å²) in [4.78, 5) is 38.1. The largest absolute Gasteiger partial charge is 0.462 e. The Morgan fingerprint density at radius 1 is 0.250 bits per heavy atom. The van der Waals surface area contributed by atoms with Crippen molar-refractivity contribution in [3.8, 4) is 0 Å². The van der Waals surface area contributed by atoms with E-state index in [2.05, 4.69) is 32.9 Å². The minimum atomic E-state index is -0.763. The summed E-state index contributed by atoms with van der Waals surface area (Å²) in [6.45, 7) is 6.66. The van der Waals surface area contributed by atoms with Crippen LogP contribution in [0.3, 0.4) is 0 Å². The lowest BCUT2D eigenvalue weighted by Crippen LogP contribution is -2.30. The highest BCUT2D eigenvalue weighted by atomic mass is 16.6. The first-order valence-electron chi connectivity index (χ1n) is 34.7. The summed E-state index contributed by atoms with van der Waals surface area (Å²) >= 11 is 0. The van der Waals surface area contributed by atoms with E-state index < -0.39 is 6.10 Å². The Morgan fingerprint density at radius 2 is 0.434 bits per heavy atom. The molecule has 76 heavy (non-hydrogen) atoms. The van der Waals surface area contributed by atoms with Crippen molar-refractivity contribution in [1.82, 2.24) is 0 Å². The molecule has 0 heterocycles. The number of hydrogen-bond acceptors (Lipinski definition) is 6. The molecule has 0 saturated heterocycles. The molecule has 0 aromatic carbocycles. The standard InChI is InChI=1S/C70H134O6/c1-4-7-10-13-16-18-20-22-24-26-28-30-32-33-34-35-36-37-39-40-42-44-46-48-50-52-54-57-60-63-69(72)75-66-67(65-74-68(71)62-59-56-15-12-9-6-3)76-70(73)64-61-58-55-53-51-49-47-45-43-41-38-31-29-27-25-23-21-19-17-14-11-8-5-2/h26,28,67H,4-25,27,29-66H2,1-3H3/b28-26-. The van der Waals surface area contributed by atoms with Crippen LogP contribution in [0.25, 0.3) is 0 Å². The van der Waals surface area contributed by atoms with Crippen molar-refractivity contribution in [3.05, 3.63) is 12.2 Å². The molecule has 6 heteroatoms. The van der Waals surface area contributed by atoms with Gasteiger partial charge in [0, 0.05) is 19.3 Å². The van der Waals surface area contributed by atoms with E-state index in [4.69, 9.17) is 14.2 Å². The minimum absolute atomic E-state index is 0.0635. The van der Waals surface area contributed by atoms with E-state index in [0.29, 0.717) is 19.3 Å². The highest BCUT2D eigenvalue weighted by Gasteiger charge is 2.19. The van der Waals surface area contributed by atoms with Crippen molar-refractivity contribution in [2.75, 3.05) is 13.2 Å². The molecule has 0 N–H and O–H groups in total. The molecule has 0 saturated carbocycles. The normalized spacial score (nSPS) is 12.0. The van der Waals surface area contributed by atoms with Crippen LogP contribution in [-0.2, 0) is 28.6 Å². The van der Waals surface area contributed by atoms with Gasteiger partial charge in [-0.1, -0.05) is 348 Å². The molecule has 0 aliphatic heterocycles. The number of carbonyl (C=O) groups is 3. The van der Waals surface area contributed by atoms with Crippen LogP contribution in [0, 0.1) is 0 Å². The summed E-state index contributed by atoms with van der Waals surface area (Å²) in [6.07, 6.45) is 78.6. The monoisotopic (exact) mass is 1070 g/mol. The maximum absolute atomic E-state index is 12.9. The van der Waals surface area contributed by atoms with Crippen molar-refractivity contribution in [2.45, 2.75) is 406 Å². The van der Waals surface area contributed by atoms with Crippen LogP contribution in [0.4, 0.5) is 0 Å². The Labute approximate surface area is 475 Å². The van der Waals surface area contributed by atoms with E-state index in [1.54, 1.807) is 0 Å². The fourth-order valence-electron chi connectivity index (χ4n) is 10.8. The molecule has 0 fully saturated rings. The number of rotatable bonds is 65. The van der Waals surface area contributed by atoms with E-state index in [-0.39, 0.29) is 31.1 Å². The fourth-order valence-corrected chi connectivity index (χ4v) is 10.8. The molecule has 0 amide bonds. The van der Waals surface area contributed by atoms with Gasteiger partial charge in [-0.05, 0) is 44.9 Å². The number of hydrogen-bond donors (Lipinski definition) is 0. The summed E-state index contributed by atoms with van der Waals surface area (Å²) < 4.78 is 16.9. The number of allylic oxidation sites excluding steroid dienone is 2. The third kappa shape index (κ3) is 63.0. The molecule has 0 aromatic heterocycles. The molecular formula is C70H134O6. The van der Waals surface area contributed by atoms with Gasteiger partial charge in [0.05, 0.1) is 0 Å². The van der Waals surface area contributed by atoms with Crippen LogP contribution in [0.15, 0.2) is 12.2 Å². The molecule has 0 bridgehead atoms. The maximum Gasteiger partial charge on any atom is 0.306 e. The number of esters is 3. The van der Waals surface area contributed by atoms with Crippen LogP contribution in [0.2, 0.25) is 0 Å². The van der Waals surface area contributed by atoms with Gasteiger partial charge >= 0.3 is 17.9 Å². The number of carbonyl (C=O) groups excluding carboxylic acids is 3. The van der Waals surface area contributed by atoms with E-state index in [9.17, 15) is 14.4 Å². The average Bonchev–Trinajstić information content (AvgIpc) is 3.42. The third-order valence-corrected chi connectivity index (χ3v) is 16.0. The predicted molar refractivity (Wildman–Crippen MR) is 330 cm³/mol. The Balaban J connectivity index is 3.96. The van der Waals surface area contributed by atoms with Crippen molar-refractivity contribution in [1.29, 1.82) is 0 Å². The van der Waals surface area contributed by atoms with E-state index >= 15 is 0 Å². The van der Waals surface area contributed by atoms with Gasteiger partial charge in [-0.3, -0.25) is 14.4 Å². The quantitative estimate of drug-likeness (QED) is 0.0261. The molecule has 0 aromatic rings. The SMILES string of the molecule is CCCCCCCCCC/C=C\CCCCCCCCCCCCCCCCCCCC(=O)OCC(COC(=O)CCCCCCCC)OC(=O)CCCCCCCCCCCCCCCCCCCCCCCCC. The molecule has 0 aliphatic rings. The third-order valence-electron chi connectivity index (χ3n) is 16.0. The van der Waals surface area contributed by atoms with E-state index in [0.717, 1.165) is 57.8 Å². The van der Waals surface area contributed by atoms with Crippen LogP contribution < -0.4 is 0 Å². The van der Waals surface area contributed by atoms with Gasteiger partial charge in [0.1, 0.15) is 13.2 Å². The second-order valence-electron chi connectivity index (χ2n) is 23.8. The summed E-state index contributed by atoms with van der Waals surface area (Å²) in [5.74, 6) is -0.842. The molecule has 1 unspecified atom stereocenters. The van der Waals surface area contributed by atoms with Crippen molar-refractivity contribution in [2.24, 2.45) is 0 Å². The van der Waals surface area contributed by atoms with E-state index in [1.807, 2.05) is 0 Å². The lowest BCUT2D eigenvalue weighted by atomic mass is 10.0. The van der Waals surface area contributed by atoms with Crippen molar-refractivity contribution in [3.63, 3.8) is 0 Å². The molecule has 0 rings (SSSR count). The van der Waals surface area contributed by atoms with Gasteiger partial charge in [-0.15, -0.1) is 0 Å². The zero-order chi connectivity index (χ0) is 55.0. The summed E-state index contributed by atoms with van der Waals surface area (Å²) in [7, 11) is 0. The van der Waals surface area contributed by atoms with Gasteiger partial charge in [-0.2, -0.15) is 0 Å². The van der Waals surface area contributed by atoms with Gasteiger partial charge in [0.25, 0.3) is 0 Å². The second-order valence-corrected chi connectivity index (χ2v) is 23.8. The lowest BCUT2D eigenvalue weighted by molar-refractivity contribution is -0.167. The summed E-state index contributed by atoms with van der Waals surface area (Å²) in [5, 5.41) is 0. The molecule has 1 atom stereocenters. The second kappa shape index (κ2) is 65.7. The topological polar surface area (TPSA) is 78.9 Å². The first-order valence-corrected chi connectivity index (χ1v) is 34.7. The molecule has 0 spiro atoms. The highest BCUT2D eigenvalue weighted by molar-refractivity contribution is 5.71. The molecule has 0 aliphatic carbocycles. The summed E-state index contributed by atoms with van der Waals surface area (Å²) in [5.41, 5.74) is 0. The average molecular weight is 1070 g/mol. The summed E-state index contributed by atoms with van der Waals surface area (Å²) in [6, 6.07) is 0. The lowest BCUT2D eigenvalue weighted by Gasteiger charge is -2.18. The zero-order valence-electron chi connectivity index (χ0n) is 51.8. The van der Waals surface area contributed by atoms with Gasteiger partial charge in [0.2, 0.25) is 0 Å². The Bertz CT molecular complexity index is 1180. The van der Waals surface area contributed by atoms with Gasteiger partial charge < -0.3 is 14.2 Å². The molecule has 0 radical (unpaired) electrons. The number of ether oxygens (including phenoxy) is 3. The van der Waals surface area contributed by atoms with E-state index in [1.165, 1.54) is 302 Å². The molecular weight excluding hydrogens is 937 g/mol. The van der Waals surface area contributed by atoms with Crippen LogP contribution >= 0.6 is 0 Å². The number of unbranched alkanes of at least 4 members (excludes halogenated alkanes) is 52. The maximum atomic E-state index is 12.9. The predicted octanol–water partition coefficient (Wildman–Crippen LogP) is 23.6. The van der Waals surface area contributed by atoms with Crippen LogP contribution in [-0.4, -0.2) is 37.2 Å². The Kier molecular flexibility index (Phi) is 64.1. The van der Waals surface area contributed by atoms with Crippen molar-refractivity contribution < 1.29 is 28.6 Å². The molecule has 6 nitrogen and oxygen atoms in total. The van der Waals surface area contributed by atoms with Gasteiger partial charge in [0.15, 0.2) is 6.10 Å². The smallest absolute Gasteiger partial charge is 0.306 e. The van der Waals surface area contributed by atoms with Crippen LogP contribution in [0.5, 0.6) is 0 Å². The Hall–Kier alpha value is -1.85. The highest BCUT2D eigenvalue weighted by Crippen LogP contribution is 2.19. The first kappa shape index (κ1) is 74.2.